The summed E-state index contributed by atoms with van der Waals surface area (Å²) in [5.41, 5.74) is 9.21. The molecule has 0 bridgehead atoms. The molecule has 0 spiro atoms. The fourth-order valence-corrected chi connectivity index (χ4v) is 2.61. The van der Waals surface area contributed by atoms with E-state index in [0.717, 1.165) is 28.4 Å². The lowest BCUT2D eigenvalue weighted by Crippen LogP contribution is -2.08. The van der Waals surface area contributed by atoms with Crippen molar-refractivity contribution < 1.29 is 4.74 Å². The fourth-order valence-electron chi connectivity index (χ4n) is 1.88. The molecule has 4 heteroatoms. The van der Waals surface area contributed by atoms with Gasteiger partial charge in [-0.2, -0.15) is 0 Å². The number of hydrogen-bond donors (Lipinski definition) is 1. The van der Waals surface area contributed by atoms with Crippen molar-refractivity contribution in [3.05, 3.63) is 45.4 Å². The molecule has 0 saturated carbocycles. The van der Waals surface area contributed by atoms with E-state index >= 15 is 0 Å². The van der Waals surface area contributed by atoms with Gasteiger partial charge in [0.1, 0.15) is 12.4 Å². The molecule has 0 unspecified atom stereocenters. The Balaban J connectivity index is 2.10. The molecule has 0 aliphatic heterocycles. The third kappa shape index (κ3) is 3.55. The van der Waals surface area contributed by atoms with E-state index in [0.29, 0.717) is 6.61 Å². The topological polar surface area (TPSA) is 48.1 Å². The van der Waals surface area contributed by atoms with Crippen molar-refractivity contribution in [1.29, 1.82) is 0 Å². The van der Waals surface area contributed by atoms with Gasteiger partial charge >= 0.3 is 0 Å². The van der Waals surface area contributed by atoms with E-state index in [9.17, 15) is 0 Å². The zero-order chi connectivity index (χ0) is 13.8. The fraction of sp³-hybridized carbons (Fsp3) is 0.400. The number of nitrogens with zero attached hydrogens (tertiary/aromatic N) is 1. The number of rotatable bonds is 5. The third-order valence-electron chi connectivity index (χ3n) is 2.93. The van der Waals surface area contributed by atoms with Crippen LogP contribution in [0.3, 0.4) is 0 Å². The summed E-state index contributed by atoms with van der Waals surface area (Å²) in [5, 5.41) is 3.20. The molecule has 3 nitrogen and oxygen atoms in total. The van der Waals surface area contributed by atoms with E-state index < -0.39 is 0 Å². The van der Waals surface area contributed by atoms with Crippen molar-refractivity contribution in [3.8, 4) is 5.75 Å². The molecule has 2 N–H and O–H groups in total. The number of nitrogens with two attached hydrogens (primary N) is 1. The first-order valence-corrected chi connectivity index (χ1v) is 7.40. The average molecular weight is 276 g/mol. The summed E-state index contributed by atoms with van der Waals surface area (Å²) in [5.74, 6) is 0.853. The number of hydrogen-bond acceptors (Lipinski definition) is 4. The molecule has 19 heavy (non-hydrogen) atoms. The number of aryl methyl sites for hydroxylation is 2. The molecule has 1 heterocycles. The summed E-state index contributed by atoms with van der Waals surface area (Å²) in [7, 11) is 0. The highest BCUT2D eigenvalue weighted by Gasteiger charge is 2.09. The zero-order valence-corrected chi connectivity index (χ0v) is 12.5. The van der Waals surface area contributed by atoms with Gasteiger partial charge in [0.05, 0.1) is 10.7 Å². The molecule has 2 aromatic rings. The van der Waals surface area contributed by atoms with Crippen LogP contribution < -0.4 is 10.5 Å². The second-order valence-electron chi connectivity index (χ2n) is 4.70. The van der Waals surface area contributed by atoms with Gasteiger partial charge in [-0.05, 0) is 26.3 Å². The van der Waals surface area contributed by atoms with E-state index in [1.54, 1.807) is 11.3 Å². The van der Waals surface area contributed by atoms with Crippen LogP contribution in [0.5, 0.6) is 5.75 Å². The second kappa shape index (κ2) is 6.17. The molecule has 0 aliphatic rings. The van der Waals surface area contributed by atoms with E-state index in [1.807, 2.05) is 19.1 Å². The van der Waals surface area contributed by atoms with Crippen molar-refractivity contribution >= 4 is 11.3 Å². The maximum Gasteiger partial charge on any atom is 0.131 e. The summed E-state index contributed by atoms with van der Waals surface area (Å²) in [6.07, 6.45) is 0.973. The van der Waals surface area contributed by atoms with Gasteiger partial charge in [0.15, 0.2) is 0 Å². The van der Waals surface area contributed by atoms with E-state index in [4.69, 9.17) is 10.5 Å². The number of aromatic nitrogens is 1. The predicted octanol–water partition coefficient (Wildman–Crippen LogP) is 3.61. The number of benzene rings is 1. The van der Waals surface area contributed by atoms with Crippen LogP contribution in [0, 0.1) is 6.92 Å². The standard InChI is InChI=1S/C15H20N2OS/c1-4-15-17-12(9-19-15)8-18-14-6-5-10(2)7-13(14)11(3)16/h5-7,9,11H,4,8,16H2,1-3H3/t11-/m0/s1. The Morgan fingerprint density at radius 2 is 2.21 bits per heavy atom. The highest BCUT2D eigenvalue weighted by molar-refractivity contribution is 7.09. The van der Waals surface area contributed by atoms with Crippen molar-refractivity contribution in [2.75, 3.05) is 0 Å². The van der Waals surface area contributed by atoms with E-state index in [2.05, 4.69) is 30.3 Å². The second-order valence-corrected chi connectivity index (χ2v) is 5.65. The van der Waals surface area contributed by atoms with Gasteiger partial charge in [0, 0.05) is 17.0 Å². The molecule has 0 radical (unpaired) electrons. The molecule has 0 aliphatic carbocycles. The summed E-state index contributed by atoms with van der Waals surface area (Å²) in [6.45, 7) is 6.64. The molecule has 1 atom stereocenters. The van der Waals surface area contributed by atoms with E-state index in [-0.39, 0.29) is 6.04 Å². The average Bonchev–Trinajstić information content (AvgIpc) is 2.85. The largest absolute Gasteiger partial charge is 0.487 e. The molecular weight excluding hydrogens is 256 g/mol. The molecule has 0 amide bonds. The van der Waals surface area contributed by atoms with Crippen LogP contribution in [0.1, 0.15) is 41.7 Å². The van der Waals surface area contributed by atoms with Gasteiger partial charge in [-0.15, -0.1) is 11.3 Å². The molecule has 0 fully saturated rings. The SMILES string of the molecule is CCc1nc(COc2ccc(C)cc2[C@H](C)N)cs1. The van der Waals surface area contributed by atoms with Gasteiger partial charge in [0.2, 0.25) is 0 Å². The van der Waals surface area contributed by atoms with Crippen LogP contribution in [-0.4, -0.2) is 4.98 Å². The Kier molecular flexibility index (Phi) is 4.56. The zero-order valence-electron chi connectivity index (χ0n) is 11.6. The Bertz CT molecular complexity index is 549. The maximum atomic E-state index is 5.98. The maximum absolute atomic E-state index is 5.98. The van der Waals surface area contributed by atoms with Gasteiger partial charge in [-0.1, -0.05) is 24.6 Å². The predicted molar refractivity (Wildman–Crippen MR) is 79.6 cm³/mol. The van der Waals surface area contributed by atoms with Crippen molar-refractivity contribution in [2.45, 2.75) is 39.8 Å². The minimum absolute atomic E-state index is 0.0310. The third-order valence-corrected chi connectivity index (χ3v) is 3.98. The normalized spacial score (nSPS) is 12.4. The summed E-state index contributed by atoms with van der Waals surface area (Å²) < 4.78 is 5.86. The van der Waals surface area contributed by atoms with Crippen molar-refractivity contribution in [2.24, 2.45) is 5.73 Å². The smallest absolute Gasteiger partial charge is 0.131 e. The van der Waals surface area contributed by atoms with Gasteiger partial charge < -0.3 is 10.5 Å². The van der Waals surface area contributed by atoms with Crippen LogP contribution in [0.25, 0.3) is 0 Å². The van der Waals surface area contributed by atoms with Gasteiger partial charge in [-0.25, -0.2) is 4.98 Å². The Hall–Kier alpha value is -1.39. The summed E-state index contributed by atoms with van der Waals surface area (Å²) >= 11 is 1.68. The molecular formula is C15H20N2OS. The van der Waals surface area contributed by atoms with E-state index in [1.165, 1.54) is 5.56 Å². The molecule has 1 aromatic heterocycles. The molecule has 102 valence electrons. The highest BCUT2D eigenvalue weighted by Crippen LogP contribution is 2.26. The first-order valence-electron chi connectivity index (χ1n) is 6.52. The minimum Gasteiger partial charge on any atom is -0.487 e. The first kappa shape index (κ1) is 14.0. The van der Waals surface area contributed by atoms with Crippen molar-refractivity contribution in [1.82, 2.24) is 4.98 Å². The molecule has 2 rings (SSSR count). The van der Waals surface area contributed by atoms with Crippen LogP contribution in [0.4, 0.5) is 0 Å². The Morgan fingerprint density at radius 1 is 1.42 bits per heavy atom. The quantitative estimate of drug-likeness (QED) is 0.907. The monoisotopic (exact) mass is 276 g/mol. The lowest BCUT2D eigenvalue weighted by Gasteiger charge is -2.14. The van der Waals surface area contributed by atoms with Crippen LogP contribution in [-0.2, 0) is 13.0 Å². The summed E-state index contributed by atoms with van der Waals surface area (Å²) in [4.78, 5) is 4.50. The van der Waals surface area contributed by atoms with Crippen LogP contribution in [0.2, 0.25) is 0 Å². The lowest BCUT2D eigenvalue weighted by atomic mass is 10.1. The number of thiazole rings is 1. The molecule has 0 saturated heterocycles. The first-order chi connectivity index (χ1) is 9.10. The van der Waals surface area contributed by atoms with Crippen molar-refractivity contribution in [3.63, 3.8) is 0 Å². The minimum atomic E-state index is -0.0310. The van der Waals surface area contributed by atoms with Gasteiger partial charge in [-0.3, -0.25) is 0 Å². The lowest BCUT2D eigenvalue weighted by molar-refractivity contribution is 0.297. The number of ether oxygens (including phenoxy) is 1. The molecule has 1 aromatic carbocycles. The van der Waals surface area contributed by atoms with Crippen LogP contribution in [0.15, 0.2) is 23.6 Å². The Labute approximate surface area is 118 Å². The van der Waals surface area contributed by atoms with Gasteiger partial charge in [0.25, 0.3) is 0 Å². The van der Waals surface area contributed by atoms with Crippen LogP contribution >= 0.6 is 11.3 Å². The highest BCUT2D eigenvalue weighted by atomic mass is 32.1. The Morgan fingerprint density at radius 3 is 2.84 bits per heavy atom. The summed E-state index contributed by atoms with van der Waals surface area (Å²) in [6, 6.07) is 6.08.